The summed E-state index contributed by atoms with van der Waals surface area (Å²) in [5, 5.41) is 14.5. The van der Waals surface area contributed by atoms with Crippen LogP contribution in [0.2, 0.25) is 0 Å². The third-order valence-corrected chi connectivity index (χ3v) is 7.69. The van der Waals surface area contributed by atoms with E-state index < -0.39 is 6.10 Å². The summed E-state index contributed by atoms with van der Waals surface area (Å²) in [4.78, 5) is 25.9. The lowest BCUT2D eigenvalue weighted by molar-refractivity contribution is -0.127. The molecule has 0 radical (unpaired) electrons. The second-order valence-electron chi connectivity index (χ2n) is 10.3. The summed E-state index contributed by atoms with van der Waals surface area (Å²) in [6.45, 7) is 3.94. The zero-order chi connectivity index (χ0) is 26.2. The van der Waals surface area contributed by atoms with Crippen LogP contribution in [0.3, 0.4) is 0 Å². The third kappa shape index (κ3) is 4.74. The number of halogens is 1. The van der Waals surface area contributed by atoms with E-state index in [1.807, 2.05) is 40.9 Å². The molecule has 0 bridgehead atoms. The SMILES string of the molecule is C[C@H](O)C(=O)C[C@@H]1CCN(c2cccc(-c3cnc4ccc(N5CCC[C@@H]5c5cccc(F)c5)nn34)n2)C1. The minimum Gasteiger partial charge on any atom is -0.386 e. The first-order chi connectivity index (χ1) is 18.5. The van der Waals surface area contributed by atoms with Crippen LogP contribution in [0.1, 0.15) is 44.2 Å². The number of carbonyl (C=O) groups excluding carboxylic acids is 1. The number of ketones is 1. The van der Waals surface area contributed by atoms with Crippen molar-refractivity contribution >= 4 is 23.1 Å². The van der Waals surface area contributed by atoms with Crippen LogP contribution in [-0.2, 0) is 4.79 Å². The number of hydrogen-bond donors (Lipinski definition) is 1. The van der Waals surface area contributed by atoms with Crippen LogP contribution >= 0.6 is 0 Å². The van der Waals surface area contributed by atoms with Gasteiger partial charge in [0.25, 0.3) is 0 Å². The van der Waals surface area contributed by atoms with Gasteiger partial charge in [0.2, 0.25) is 0 Å². The molecule has 0 unspecified atom stereocenters. The van der Waals surface area contributed by atoms with E-state index in [1.54, 1.807) is 18.3 Å². The first kappa shape index (κ1) is 24.5. The van der Waals surface area contributed by atoms with Crippen molar-refractivity contribution in [3.05, 3.63) is 72.2 Å². The Morgan fingerprint density at radius 2 is 1.97 bits per heavy atom. The lowest BCUT2D eigenvalue weighted by atomic mass is 10.00. The fourth-order valence-corrected chi connectivity index (χ4v) is 5.70. The number of imidazole rings is 1. The molecule has 5 heterocycles. The standard InChI is InChI=1S/C29H31FN6O2/c1-19(37)26(38)15-20-12-14-34(18-20)28-9-3-7-23(32-28)25-17-31-27-10-11-29(33-36(25)27)35-13-4-8-24(35)21-5-2-6-22(30)16-21/h2-3,5-7,9-11,16-17,19-20,24,37H,4,8,12-15,18H2,1H3/t19-,20-,24+/m0/s1. The quantitative estimate of drug-likeness (QED) is 0.390. The van der Waals surface area contributed by atoms with Gasteiger partial charge < -0.3 is 14.9 Å². The van der Waals surface area contributed by atoms with Crippen LogP contribution in [-0.4, -0.2) is 56.2 Å². The fourth-order valence-electron chi connectivity index (χ4n) is 5.70. The van der Waals surface area contributed by atoms with E-state index in [-0.39, 0.29) is 23.6 Å². The predicted molar refractivity (Wildman–Crippen MR) is 144 cm³/mol. The molecule has 4 aromatic rings. The summed E-state index contributed by atoms with van der Waals surface area (Å²) in [7, 11) is 0. The molecule has 6 rings (SSSR count). The Kier molecular flexibility index (Phi) is 6.53. The maximum Gasteiger partial charge on any atom is 0.161 e. The van der Waals surface area contributed by atoms with Gasteiger partial charge in [0, 0.05) is 26.1 Å². The Bertz CT molecular complexity index is 1470. The van der Waals surface area contributed by atoms with Crippen LogP contribution in [0, 0.1) is 11.7 Å². The number of benzene rings is 1. The molecule has 1 aromatic carbocycles. The first-order valence-electron chi connectivity index (χ1n) is 13.3. The number of carbonyl (C=O) groups is 1. The molecular formula is C29H31FN6O2. The fraction of sp³-hybridized carbons (Fsp3) is 0.379. The number of aliphatic hydroxyl groups excluding tert-OH is 1. The van der Waals surface area contributed by atoms with E-state index >= 15 is 0 Å². The van der Waals surface area contributed by atoms with Crippen LogP contribution in [0.15, 0.2) is 60.8 Å². The monoisotopic (exact) mass is 514 g/mol. The number of rotatable bonds is 7. The zero-order valence-electron chi connectivity index (χ0n) is 21.4. The second kappa shape index (κ2) is 10.1. The molecule has 196 valence electrons. The van der Waals surface area contributed by atoms with Crippen LogP contribution in [0.5, 0.6) is 0 Å². The summed E-state index contributed by atoms with van der Waals surface area (Å²) in [5.41, 5.74) is 3.26. The van der Waals surface area contributed by atoms with Gasteiger partial charge in [-0.3, -0.25) is 4.79 Å². The molecule has 8 nitrogen and oxygen atoms in total. The summed E-state index contributed by atoms with van der Waals surface area (Å²) >= 11 is 0. The average Bonchev–Trinajstić information content (AvgIpc) is 3.68. The van der Waals surface area contributed by atoms with Gasteiger partial charge in [-0.2, -0.15) is 0 Å². The molecular weight excluding hydrogens is 483 g/mol. The number of aliphatic hydroxyl groups is 1. The minimum absolute atomic E-state index is 0.0767. The van der Waals surface area contributed by atoms with Gasteiger partial charge in [-0.25, -0.2) is 18.9 Å². The van der Waals surface area contributed by atoms with E-state index in [0.29, 0.717) is 6.42 Å². The van der Waals surface area contributed by atoms with Crippen molar-refractivity contribution in [1.29, 1.82) is 0 Å². The smallest absolute Gasteiger partial charge is 0.161 e. The zero-order valence-corrected chi connectivity index (χ0v) is 21.4. The lowest BCUT2D eigenvalue weighted by Gasteiger charge is -2.26. The number of Topliss-reactive ketones (excluding diaryl/α,β-unsaturated/α-hetero) is 1. The number of anilines is 2. The molecule has 2 fully saturated rings. The molecule has 2 aliphatic rings. The topological polar surface area (TPSA) is 86.9 Å². The Morgan fingerprint density at radius 3 is 2.82 bits per heavy atom. The largest absolute Gasteiger partial charge is 0.386 e. The Morgan fingerprint density at radius 1 is 1.11 bits per heavy atom. The van der Waals surface area contributed by atoms with Crippen molar-refractivity contribution in [3.8, 4) is 11.4 Å². The van der Waals surface area contributed by atoms with Crippen molar-refractivity contribution in [2.24, 2.45) is 5.92 Å². The molecule has 38 heavy (non-hydrogen) atoms. The molecule has 3 aromatic heterocycles. The van der Waals surface area contributed by atoms with E-state index in [0.717, 1.165) is 73.1 Å². The average molecular weight is 515 g/mol. The number of pyridine rings is 1. The number of aromatic nitrogens is 4. The maximum atomic E-state index is 13.9. The molecule has 0 saturated carbocycles. The molecule has 0 amide bonds. The van der Waals surface area contributed by atoms with Gasteiger partial charge in [0.1, 0.15) is 29.3 Å². The van der Waals surface area contributed by atoms with E-state index in [9.17, 15) is 14.3 Å². The van der Waals surface area contributed by atoms with Gasteiger partial charge in [-0.05, 0) is 74.1 Å². The van der Waals surface area contributed by atoms with Crippen molar-refractivity contribution in [3.63, 3.8) is 0 Å². The molecule has 0 aliphatic carbocycles. The second-order valence-corrected chi connectivity index (χ2v) is 10.3. The lowest BCUT2D eigenvalue weighted by Crippen LogP contribution is -2.24. The summed E-state index contributed by atoms with van der Waals surface area (Å²) in [5.74, 6) is 1.56. The molecule has 1 N–H and O–H groups in total. The minimum atomic E-state index is -0.914. The maximum absolute atomic E-state index is 13.9. The van der Waals surface area contributed by atoms with Gasteiger partial charge in [-0.1, -0.05) is 18.2 Å². The highest BCUT2D eigenvalue weighted by Gasteiger charge is 2.29. The van der Waals surface area contributed by atoms with Crippen molar-refractivity contribution in [1.82, 2.24) is 19.6 Å². The molecule has 0 spiro atoms. The Balaban J connectivity index is 1.26. The highest BCUT2D eigenvalue weighted by molar-refractivity contribution is 5.82. The van der Waals surface area contributed by atoms with Gasteiger partial charge in [0.05, 0.1) is 17.9 Å². The molecule has 2 saturated heterocycles. The van der Waals surface area contributed by atoms with Gasteiger partial charge in [0.15, 0.2) is 11.4 Å². The number of hydrogen-bond acceptors (Lipinski definition) is 7. The van der Waals surface area contributed by atoms with Crippen LogP contribution in [0.4, 0.5) is 16.0 Å². The molecule has 2 aliphatic heterocycles. The van der Waals surface area contributed by atoms with Gasteiger partial charge in [-0.15, -0.1) is 5.10 Å². The van der Waals surface area contributed by atoms with Crippen molar-refractivity contribution in [2.75, 3.05) is 29.4 Å². The van der Waals surface area contributed by atoms with Gasteiger partial charge >= 0.3 is 0 Å². The van der Waals surface area contributed by atoms with Crippen LogP contribution < -0.4 is 9.80 Å². The number of fused-ring (bicyclic) bond motifs is 1. The summed E-state index contributed by atoms with van der Waals surface area (Å²) < 4.78 is 15.8. The first-order valence-corrected chi connectivity index (χ1v) is 13.3. The number of nitrogens with zero attached hydrogens (tertiary/aromatic N) is 6. The highest BCUT2D eigenvalue weighted by atomic mass is 19.1. The van der Waals surface area contributed by atoms with E-state index in [1.165, 1.54) is 13.0 Å². The van der Waals surface area contributed by atoms with E-state index in [2.05, 4.69) is 14.8 Å². The molecule has 9 heteroatoms. The highest BCUT2D eigenvalue weighted by Crippen LogP contribution is 2.36. The predicted octanol–water partition coefficient (Wildman–Crippen LogP) is 4.44. The third-order valence-electron chi connectivity index (χ3n) is 7.69. The Labute approximate surface area is 220 Å². The van der Waals surface area contributed by atoms with Crippen molar-refractivity contribution < 1.29 is 14.3 Å². The van der Waals surface area contributed by atoms with Crippen molar-refractivity contribution in [2.45, 2.75) is 44.8 Å². The summed E-state index contributed by atoms with van der Waals surface area (Å²) in [6, 6.07) is 16.8. The Hall–Kier alpha value is -3.85. The molecule has 3 atom stereocenters. The van der Waals surface area contributed by atoms with Crippen LogP contribution in [0.25, 0.3) is 17.0 Å². The normalized spacial score (nSPS) is 20.4. The summed E-state index contributed by atoms with van der Waals surface area (Å²) in [6.07, 6.45) is 4.13. The van der Waals surface area contributed by atoms with E-state index in [4.69, 9.17) is 10.1 Å².